The average molecular weight is 314 g/mol. The minimum Gasteiger partial charge on any atom is -0.388 e. The Balaban J connectivity index is 1.79. The van der Waals surface area contributed by atoms with E-state index in [4.69, 9.17) is 16.3 Å². The number of rotatable bonds is 6. The second kappa shape index (κ2) is 7.56. The molecule has 1 fully saturated rings. The zero-order chi connectivity index (χ0) is 15.3. The lowest BCUT2D eigenvalue weighted by Crippen LogP contribution is -2.46. The van der Waals surface area contributed by atoms with Crippen molar-refractivity contribution in [3.8, 4) is 0 Å². The molecule has 1 aromatic rings. The highest BCUT2D eigenvalue weighted by atomic mass is 35.5. The summed E-state index contributed by atoms with van der Waals surface area (Å²) in [6.07, 6.45) is 1.43. The van der Waals surface area contributed by atoms with E-state index in [-0.39, 0.29) is 0 Å². The molecule has 118 valence electrons. The van der Waals surface area contributed by atoms with Crippen molar-refractivity contribution in [2.24, 2.45) is 0 Å². The van der Waals surface area contributed by atoms with E-state index >= 15 is 0 Å². The smallest absolute Gasteiger partial charge is 0.0817 e. The second-order valence-electron chi connectivity index (χ2n) is 5.93. The normalized spacial score (nSPS) is 19.7. The van der Waals surface area contributed by atoms with Gasteiger partial charge >= 0.3 is 0 Å². The predicted octanol–water partition coefficient (Wildman–Crippen LogP) is 2.24. The topological polar surface area (TPSA) is 52.9 Å². The molecule has 4 nitrogen and oxygen atoms in total. The SMILES string of the molecule is CN(CCC(O)c1cccc(Cl)c1)CC1(O)CCOCC1. The molecule has 1 aliphatic heterocycles. The fourth-order valence-corrected chi connectivity index (χ4v) is 2.91. The molecule has 0 saturated carbocycles. The van der Waals surface area contributed by atoms with Crippen LogP contribution in [-0.4, -0.2) is 54.1 Å². The van der Waals surface area contributed by atoms with Gasteiger partial charge in [-0.2, -0.15) is 0 Å². The van der Waals surface area contributed by atoms with E-state index in [0.29, 0.717) is 44.0 Å². The first-order chi connectivity index (χ1) is 9.98. The average Bonchev–Trinajstić information content (AvgIpc) is 2.45. The molecular weight excluding hydrogens is 290 g/mol. The molecule has 1 aliphatic rings. The van der Waals surface area contributed by atoms with Gasteiger partial charge in [0.15, 0.2) is 0 Å². The number of halogens is 1. The summed E-state index contributed by atoms with van der Waals surface area (Å²) >= 11 is 5.93. The minimum absolute atomic E-state index is 0.532. The Bertz CT molecular complexity index is 449. The first-order valence-corrected chi connectivity index (χ1v) is 7.78. The molecule has 0 amide bonds. The molecule has 1 atom stereocenters. The van der Waals surface area contributed by atoms with Gasteiger partial charge in [-0.3, -0.25) is 0 Å². The van der Waals surface area contributed by atoms with Gasteiger partial charge in [0.05, 0.1) is 11.7 Å². The Morgan fingerprint density at radius 1 is 1.38 bits per heavy atom. The number of likely N-dealkylation sites (N-methyl/N-ethyl adjacent to an activating group) is 1. The number of aliphatic hydroxyl groups excluding tert-OH is 1. The molecule has 0 radical (unpaired) electrons. The van der Waals surface area contributed by atoms with Gasteiger partial charge < -0.3 is 19.8 Å². The van der Waals surface area contributed by atoms with Crippen LogP contribution >= 0.6 is 11.6 Å². The Morgan fingerprint density at radius 3 is 2.76 bits per heavy atom. The van der Waals surface area contributed by atoms with Crippen molar-refractivity contribution in [3.63, 3.8) is 0 Å². The lowest BCUT2D eigenvalue weighted by Gasteiger charge is -2.35. The summed E-state index contributed by atoms with van der Waals surface area (Å²) in [6, 6.07) is 7.31. The minimum atomic E-state index is -0.659. The molecule has 2 rings (SSSR count). The van der Waals surface area contributed by atoms with Gasteiger partial charge in [0.25, 0.3) is 0 Å². The lowest BCUT2D eigenvalue weighted by atomic mass is 9.94. The summed E-state index contributed by atoms with van der Waals surface area (Å²) in [7, 11) is 1.97. The number of ether oxygens (including phenoxy) is 1. The van der Waals surface area contributed by atoms with Gasteiger partial charge in [-0.1, -0.05) is 23.7 Å². The quantitative estimate of drug-likeness (QED) is 0.845. The Morgan fingerprint density at radius 2 is 2.10 bits per heavy atom. The molecule has 1 saturated heterocycles. The van der Waals surface area contributed by atoms with Crippen LogP contribution in [0.4, 0.5) is 0 Å². The Labute approximate surface area is 131 Å². The van der Waals surface area contributed by atoms with Crippen molar-refractivity contribution in [2.45, 2.75) is 31.0 Å². The predicted molar refractivity (Wildman–Crippen MR) is 83.5 cm³/mol. The van der Waals surface area contributed by atoms with Crippen LogP contribution in [0.2, 0.25) is 5.02 Å². The van der Waals surface area contributed by atoms with E-state index in [0.717, 1.165) is 12.1 Å². The highest BCUT2D eigenvalue weighted by Crippen LogP contribution is 2.23. The van der Waals surface area contributed by atoms with Gasteiger partial charge in [-0.25, -0.2) is 0 Å². The molecular formula is C16H24ClNO3. The lowest BCUT2D eigenvalue weighted by molar-refractivity contribution is -0.0776. The maximum Gasteiger partial charge on any atom is 0.0817 e. The summed E-state index contributed by atoms with van der Waals surface area (Å²) in [4.78, 5) is 2.07. The van der Waals surface area contributed by atoms with E-state index < -0.39 is 11.7 Å². The molecule has 0 aromatic heterocycles. The van der Waals surface area contributed by atoms with Crippen molar-refractivity contribution in [2.75, 3.05) is 33.4 Å². The largest absolute Gasteiger partial charge is 0.388 e. The number of hydrogen-bond donors (Lipinski definition) is 2. The summed E-state index contributed by atoms with van der Waals surface area (Å²) in [6.45, 7) is 2.57. The Hall–Kier alpha value is -0.650. The van der Waals surface area contributed by atoms with Crippen molar-refractivity contribution < 1.29 is 14.9 Å². The molecule has 0 aliphatic carbocycles. The summed E-state index contributed by atoms with van der Waals surface area (Å²) in [5, 5.41) is 21.3. The zero-order valence-corrected chi connectivity index (χ0v) is 13.2. The van der Waals surface area contributed by atoms with E-state index in [9.17, 15) is 10.2 Å². The summed E-state index contributed by atoms with van der Waals surface area (Å²) in [5.74, 6) is 0. The van der Waals surface area contributed by atoms with Gasteiger partial charge in [-0.05, 0) is 31.2 Å². The molecule has 21 heavy (non-hydrogen) atoms. The third-order valence-electron chi connectivity index (χ3n) is 4.01. The molecule has 0 bridgehead atoms. The molecule has 0 spiro atoms. The van der Waals surface area contributed by atoms with E-state index in [1.165, 1.54) is 0 Å². The van der Waals surface area contributed by atoms with Crippen LogP contribution in [0.1, 0.15) is 30.9 Å². The maximum absolute atomic E-state index is 10.5. The third-order valence-corrected chi connectivity index (χ3v) is 4.24. The fraction of sp³-hybridized carbons (Fsp3) is 0.625. The first kappa shape index (κ1) is 16.7. The monoisotopic (exact) mass is 313 g/mol. The number of hydrogen-bond acceptors (Lipinski definition) is 4. The van der Waals surface area contributed by atoms with E-state index in [1.807, 2.05) is 19.2 Å². The zero-order valence-electron chi connectivity index (χ0n) is 12.5. The van der Waals surface area contributed by atoms with Crippen molar-refractivity contribution in [1.82, 2.24) is 4.90 Å². The fourth-order valence-electron chi connectivity index (χ4n) is 2.71. The van der Waals surface area contributed by atoms with Gasteiger partial charge in [0, 0.05) is 44.2 Å². The molecule has 5 heteroatoms. The van der Waals surface area contributed by atoms with Crippen LogP contribution in [0, 0.1) is 0 Å². The highest BCUT2D eigenvalue weighted by Gasteiger charge is 2.30. The van der Waals surface area contributed by atoms with Crippen LogP contribution in [0.15, 0.2) is 24.3 Å². The number of aliphatic hydroxyl groups is 2. The third kappa shape index (κ3) is 5.24. The van der Waals surface area contributed by atoms with Crippen LogP contribution in [0.5, 0.6) is 0 Å². The van der Waals surface area contributed by atoms with Gasteiger partial charge in [0.2, 0.25) is 0 Å². The van der Waals surface area contributed by atoms with E-state index in [1.54, 1.807) is 12.1 Å². The van der Waals surface area contributed by atoms with Crippen LogP contribution in [0.25, 0.3) is 0 Å². The van der Waals surface area contributed by atoms with Crippen molar-refractivity contribution in [1.29, 1.82) is 0 Å². The number of nitrogens with zero attached hydrogens (tertiary/aromatic N) is 1. The summed E-state index contributed by atoms with van der Waals surface area (Å²) in [5.41, 5.74) is 0.175. The molecule has 1 aromatic carbocycles. The first-order valence-electron chi connectivity index (χ1n) is 7.41. The summed E-state index contributed by atoms with van der Waals surface area (Å²) < 4.78 is 5.28. The standard InChI is InChI=1S/C16H24ClNO3/c1-18(12-16(20)6-9-21-10-7-16)8-5-15(19)13-3-2-4-14(17)11-13/h2-4,11,15,19-20H,5-10,12H2,1H3. The second-order valence-corrected chi connectivity index (χ2v) is 6.37. The maximum atomic E-state index is 10.5. The van der Waals surface area contributed by atoms with Crippen molar-refractivity contribution in [3.05, 3.63) is 34.9 Å². The van der Waals surface area contributed by atoms with Gasteiger partial charge in [-0.15, -0.1) is 0 Å². The Kier molecular flexibility index (Phi) is 6.02. The number of benzene rings is 1. The highest BCUT2D eigenvalue weighted by molar-refractivity contribution is 6.30. The van der Waals surface area contributed by atoms with Gasteiger partial charge in [0.1, 0.15) is 0 Å². The van der Waals surface area contributed by atoms with Crippen molar-refractivity contribution >= 4 is 11.6 Å². The van der Waals surface area contributed by atoms with Crippen LogP contribution in [-0.2, 0) is 4.74 Å². The molecule has 1 heterocycles. The van der Waals surface area contributed by atoms with Crippen LogP contribution in [0.3, 0.4) is 0 Å². The van der Waals surface area contributed by atoms with E-state index in [2.05, 4.69) is 4.90 Å². The molecule has 1 unspecified atom stereocenters. The molecule has 2 N–H and O–H groups in total. The van der Waals surface area contributed by atoms with Crippen LogP contribution < -0.4 is 0 Å².